The van der Waals surface area contributed by atoms with Gasteiger partial charge in [0.25, 0.3) is 5.56 Å². The number of carbonyl (C=O) groups is 2. The first-order valence-corrected chi connectivity index (χ1v) is 9.47. The molecule has 3 aromatic rings. The second-order valence-corrected chi connectivity index (χ2v) is 6.55. The standard InChI is InChI=1S/C19H16ClN3O2.2CH3NO/c20-15-3-7-17(8-4-15)23-13-25-12-18(23)14-1-5-16(6-2-14)22-10-9-21-11-19(22)24;2*2-1-3/h1-11,18H,12-13H2;2*1H,(H2,2,3). The van der Waals surface area contributed by atoms with Crippen LogP contribution in [-0.2, 0) is 14.3 Å². The van der Waals surface area contributed by atoms with Crippen LogP contribution in [0, 0.1) is 0 Å². The Labute approximate surface area is 183 Å². The number of rotatable bonds is 3. The van der Waals surface area contributed by atoms with Gasteiger partial charge >= 0.3 is 0 Å². The summed E-state index contributed by atoms with van der Waals surface area (Å²) in [5.74, 6) is 0. The molecule has 4 N–H and O–H groups in total. The largest absolute Gasteiger partial charge is 0.372 e. The third-order valence-electron chi connectivity index (χ3n) is 4.32. The van der Waals surface area contributed by atoms with Crippen LogP contribution in [0.1, 0.15) is 11.6 Å². The first kappa shape index (κ1) is 23.6. The molecule has 1 saturated heterocycles. The zero-order valence-electron chi connectivity index (χ0n) is 16.5. The van der Waals surface area contributed by atoms with Crippen molar-refractivity contribution in [2.75, 3.05) is 18.2 Å². The van der Waals surface area contributed by atoms with Gasteiger partial charge in [0, 0.05) is 28.8 Å². The molecule has 2 amide bonds. The average Bonchev–Trinajstić information content (AvgIpc) is 3.26. The summed E-state index contributed by atoms with van der Waals surface area (Å²) < 4.78 is 7.24. The maximum absolute atomic E-state index is 11.9. The smallest absolute Gasteiger partial charge is 0.273 e. The quantitative estimate of drug-likeness (QED) is 0.591. The zero-order chi connectivity index (χ0) is 22.6. The van der Waals surface area contributed by atoms with Gasteiger partial charge in [-0.2, -0.15) is 0 Å². The van der Waals surface area contributed by atoms with E-state index in [1.165, 1.54) is 6.20 Å². The zero-order valence-corrected chi connectivity index (χ0v) is 17.3. The summed E-state index contributed by atoms with van der Waals surface area (Å²) in [6.45, 7) is 1.16. The number of ether oxygens (including phenoxy) is 1. The number of amides is 2. The number of nitrogens with zero attached hydrogens (tertiary/aromatic N) is 3. The highest BCUT2D eigenvalue weighted by atomic mass is 35.5. The number of nitrogens with two attached hydrogens (primary N) is 2. The minimum Gasteiger partial charge on any atom is -0.372 e. The van der Waals surface area contributed by atoms with Gasteiger partial charge in [0.05, 0.1) is 18.8 Å². The van der Waals surface area contributed by atoms with E-state index in [2.05, 4.69) is 21.4 Å². The molecule has 1 unspecified atom stereocenters. The molecule has 0 saturated carbocycles. The highest BCUT2D eigenvalue weighted by molar-refractivity contribution is 6.30. The molecule has 31 heavy (non-hydrogen) atoms. The van der Waals surface area contributed by atoms with Crippen molar-refractivity contribution in [3.8, 4) is 5.69 Å². The lowest BCUT2D eigenvalue weighted by atomic mass is 10.1. The Morgan fingerprint density at radius 2 is 1.58 bits per heavy atom. The summed E-state index contributed by atoms with van der Waals surface area (Å²) in [6, 6.07) is 15.8. The molecule has 9 nitrogen and oxygen atoms in total. The van der Waals surface area contributed by atoms with Gasteiger partial charge in [0.2, 0.25) is 12.8 Å². The van der Waals surface area contributed by atoms with E-state index in [0.29, 0.717) is 18.4 Å². The van der Waals surface area contributed by atoms with Gasteiger partial charge in [-0.25, -0.2) is 0 Å². The highest BCUT2D eigenvalue weighted by Crippen LogP contribution is 2.32. The second-order valence-electron chi connectivity index (χ2n) is 6.11. The summed E-state index contributed by atoms with van der Waals surface area (Å²) in [7, 11) is 0. The molecule has 1 fully saturated rings. The summed E-state index contributed by atoms with van der Waals surface area (Å²) in [5.41, 5.74) is 11.2. The molecule has 0 spiro atoms. The molecule has 162 valence electrons. The maximum Gasteiger partial charge on any atom is 0.273 e. The number of hydrogen-bond acceptors (Lipinski definition) is 6. The van der Waals surface area contributed by atoms with E-state index in [1.807, 2.05) is 48.5 Å². The Kier molecular flexibility index (Phi) is 9.21. The number of primary amides is 2. The molecule has 2 aromatic carbocycles. The molecule has 10 heteroatoms. The van der Waals surface area contributed by atoms with Crippen molar-refractivity contribution in [3.63, 3.8) is 0 Å². The lowest BCUT2D eigenvalue weighted by Gasteiger charge is -2.25. The number of benzene rings is 2. The minimum atomic E-state index is -0.151. The molecule has 1 aromatic heterocycles. The van der Waals surface area contributed by atoms with Crippen molar-refractivity contribution >= 4 is 30.1 Å². The number of carbonyl (C=O) groups excluding carboxylic acids is 2. The molecule has 1 atom stereocenters. The third kappa shape index (κ3) is 6.39. The van der Waals surface area contributed by atoms with Crippen LogP contribution < -0.4 is 21.9 Å². The van der Waals surface area contributed by atoms with E-state index in [9.17, 15) is 4.79 Å². The van der Waals surface area contributed by atoms with Crippen LogP contribution in [0.3, 0.4) is 0 Å². The fourth-order valence-electron chi connectivity index (χ4n) is 3.02. The predicted octanol–water partition coefficient (Wildman–Crippen LogP) is 1.62. The molecule has 2 heterocycles. The Morgan fingerprint density at radius 3 is 2.16 bits per heavy atom. The second kappa shape index (κ2) is 12.1. The van der Waals surface area contributed by atoms with Crippen LogP contribution in [-0.4, -0.2) is 35.7 Å². The van der Waals surface area contributed by atoms with E-state index in [4.69, 9.17) is 25.9 Å². The van der Waals surface area contributed by atoms with E-state index in [-0.39, 0.29) is 24.4 Å². The topological polar surface area (TPSA) is 134 Å². The predicted molar refractivity (Wildman–Crippen MR) is 118 cm³/mol. The van der Waals surface area contributed by atoms with Crippen LogP contribution in [0.4, 0.5) is 5.69 Å². The van der Waals surface area contributed by atoms with Gasteiger partial charge in [-0.15, -0.1) is 0 Å². The first-order valence-electron chi connectivity index (χ1n) is 9.09. The van der Waals surface area contributed by atoms with Crippen LogP contribution in [0.2, 0.25) is 5.02 Å². The maximum atomic E-state index is 11.9. The molecule has 0 radical (unpaired) electrons. The lowest BCUT2D eigenvalue weighted by molar-refractivity contribution is -0.107. The van der Waals surface area contributed by atoms with Crippen molar-refractivity contribution in [3.05, 3.63) is 88.1 Å². The Morgan fingerprint density at radius 1 is 1.00 bits per heavy atom. The normalized spacial score (nSPS) is 14.5. The number of aromatic nitrogens is 2. The molecule has 1 aliphatic heterocycles. The number of anilines is 1. The fraction of sp³-hybridized carbons (Fsp3) is 0.143. The first-order chi connectivity index (χ1) is 15.0. The van der Waals surface area contributed by atoms with Gasteiger partial charge in [-0.1, -0.05) is 23.7 Å². The average molecular weight is 444 g/mol. The summed E-state index contributed by atoms with van der Waals surface area (Å²) in [6.07, 6.45) is 5.07. The molecule has 1 aliphatic rings. The molecular formula is C21H22ClN5O4. The van der Waals surface area contributed by atoms with Gasteiger partial charge < -0.3 is 21.1 Å². The van der Waals surface area contributed by atoms with Crippen LogP contribution in [0.5, 0.6) is 0 Å². The Bertz CT molecular complexity index is 1020. The van der Waals surface area contributed by atoms with Gasteiger partial charge in [-0.05, 0) is 42.0 Å². The molecule has 0 aliphatic carbocycles. The summed E-state index contributed by atoms with van der Waals surface area (Å²) >= 11 is 5.98. The van der Waals surface area contributed by atoms with Gasteiger partial charge in [0.15, 0.2) is 0 Å². The number of hydrogen-bond donors (Lipinski definition) is 2. The van der Waals surface area contributed by atoms with Crippen LogP contribution in [0.25, 0.3) is 5.69 Å². The Balaban J connectivity index is 0.000000513. The van der Waals surface area contributed by atoms with E-state index in [0.717, 1.165) is 16.9 Å². The van der Waals surface area contributed by atoms with E-state index < -0.39 is 0 Å². The van der Waals surface area contributed by atoms with Crippen molar-refractivity contribution in [1.82, 2.24) is 9.55 Å². The van der Waals surface area contributed by atoms with Crippen molar-refractivity contribution in [2.45, 2.75) is 6.04 Å². The monoisotopic (exact) mass is 443 g/mol. The van der Waals surface area contributed by atoms with Gasteiger partial charge in [0.1, 0.15) is 6.73 Å². The molecule has 4 rings (SSSR count). The summed E-state index contributed by atoms with van der Waals surface area (Å²) in [5, 5.41) is 0.715. The van der Waals surface area contributed by atoms with Crippen molar-refractivity contribution in [1.29, 1.82) is 0 Å². The minimum absolute atomic E-state index is 0.129. The van der Waals surface area contributed by atoms with Gasteiger partial charge in [-0.3, -0.25) is 23.9 Å². The number of halogens is 1. The van der Waals surface area contributed by atoms with Crippen molar-refractivity contribution < 1.29 is 14.3 Å². The molecular weight excluding hydrogens is 422 g/mol. The van der Waals surface area contributed by atoms with E-state index >= 15 is 0 Å². The van der Waals surface area contributed by atoms with Crippen LogP contribution >= 0.6 is 11.6 Å². The molecule has 0 bridgehead atoms. The third-order valence-corrected chi connectivity index (χ3v) is 4.57. The summed E-state index contributed by atoms with van der Waals surface area (Å²) in [4.78, 5) is 35.1. The lowest BCUT2D eigenvalue weighted by Crippen LogP contribution is -2.23. The Hall–Kier alpha value is -3.69. The van der Waals surface area contributed by atoms with E-state index in [1.54, 1.807) is 17.0 Å². The highest BCUT2D eigenvalue weighted by Gasteiger charge is 2.27. The SMILES string of the molecule is NC=O.NC=O.O=c1cnccn1-c1ccc(C2COCN2c2ccc(Cl)cc2)cc1. The van der Waals surface area contributed by atoms with Crippen LogP contribution in [0.15, 0.2) is 71.9 Å². The fourth-order valence-corrected chi connectivity index (χ4v) is 3.15. The van der Waals surface area contributed by atoms with Crippen molar-refractivity contribution in [2.24, 2.45) is 11.5 Å².